The Balaban J connectivity index is 1.54. The lowest BCUT2D eigenvalue weighted by Gasteiger charge is -2.24. The van der Waals surface area contributed by atoms with E-state index in [2.05, 4.69) is 32.4 Å². The van der Waals surface area contributed by atoms with Crippen LogP contribution in [0.25, 0.3) is 0 Å². The monoisotopic (exact) mass is 409 g/mol. The lowest BCUT2D eigenvalue weighted by molar-refractivity contribution is 0.239. The van der Waals surface area contributed by atoms with Crippen molar-refractivity contribution >= 4 is 22.3 Å². The van der Waals surface area contributed by atoms with Crippen molar-refractivity contribution in [3.63, 3.8) is 0 Å². The highest BCUT2D eigenvalue weighted by Gasteiger charge is 2.29. The lowest BCUT2D eigenvalue weighted by Crippen LogP contribution is -2.24. The molecular formula is C20H23N7OS. The van der Waals surface area contributed by atoms with Crippen molar-refractivity contribution in [1.29, 1.82) is 5.26 Å². The predicted octanol–water partition coefficient (Wildman–Crippen LogP) is 3.54. The number of nitriles is 1. The van der Waals surface area contributed by atoms with Gasteiger partial charge in [0.2, 0.25) is 5.88 Å². The fourth-order valence-electron chi connectivity index (χ4n) is 3.87. The quantitative estimate of drug-likeness (QED) is 0.666. The maximum atomic E-state index is 8.97. The van der Waals surface area contributed by atoms with Gasteiger partial charge in [-0.3, -0.25) is 4.90 Å². The lowest BCUT2D eigenvalue weighted by atomic mass is 10.1. The van der Waals surface area contributed by atoms with Gasteiger partial charge in [0.1, 0.15) is 16.8 Å². The molecule has 150 valence electrons. The van der Waals surface area contributed by atoms with Gasteiger partial charge < -0.3 is 10.1 Å². The minimum atomic E-state index is 0.243. The van der Waals surface area contributed by atoms with Gasteiger partial charge in [0.25, 0.3) is 0 Å². The number of hydrogen-bond acceptors (Lipinski definition) is 8. The summed E-state index contributed by atoms with van der Waals surface area (Å²) >= 11 is 1.32. The topological polar surface area (TPSA) is 91.9 Å². The first-order valence-corrected chi connectivity index (χ1v) is 10.3. The Morgan fingerprint density at radius 3 is 3.03 bits per heavy atom. The molecular weight excluding hydrogens is 386 g/mol. The van der Waals surface area contributed by atoms with Crippen LogP contribution in [0.3, 0.4) is 0 Å². The van der Waals surface area contributed by atoms with Crippen molar-refractivity contribution in [1.82, 2.24) is 24.6 Å². The van der Waals surface area contributed by atoms with E-state index in [1.54, 1.807) is 18.0 Å². The second kappa shape index (κ2) is 8.19. The number of likely N-dealkylation sites (tertiary alicyclic amines) is 1. The number of rotatable bonds is 6. The number of pyridine rings is 1. The molecule has 9 heteroatoms. The van der Waals surface area contributed by atoms with Crippen LogP contribution in [0.2, 0.25) is 0 Å². The molecule has 0 aromatic carbocycles. The summed E-state index contributed by atoms with van der Waals surface area (Å²) in [7, 11) is 3.60. The Hall–Kier alpha value is -2.96. The molecule has 1 N–H and O–H groups in total. The van der Waals surface area contributed by atoms with E-state index in [-0.39, 0.29) is 6.04 Å². The van der Waals surface area contributed by atoms with Crippen LogP contribution in [-0.2, 0) is 13.6 Å². The maximum Gasteiger partial charge on any atom is 0.216 e. The van der Waals surface area contributed by atoms with Crippen molar-refractivity contribution in [2.45, 2.75) is 32.4 Å². The third-order valence-electron chi connectivity index (χ3n) is 5.17. The molecule has 0 aliphatic carbocycles. The highest BCUT2D eigenvalue weighted by molar-refractivity contribution is 7.16. The van der Waals surface area contributed by atoms with Crippen LogP contribution >= 0.6 is 11.3 Å². The Kier molecular flexibility index (Phi) is 5.47. The molecule has 1 aliphatic rings. The molecule has 0 unspecified atom stereocenters. The average Bonchev–Trinajstić information content (AvgIpc) is 3.42. The van der Waals surface area contributed by atoms with E-state index in [1.165, 1.54) is 11.3 Å². The molecule has 0 radical (unpaired) electrons. The highest BCUT2D eigenvalue weighted by atomic mass is 32.1. The van der Waals surface area contributed by atoms with E-state index in [0.717, 1.165) is 54.6 Å². The molecule has 0 bridgehead atoms. The number of thiazole rings is 1. The van der Waals surface area contributed by atoms with Crippen LogP contribution in [0.5, 0.6) is 5.88 Å². The number of hydrogen-bond donors (Lipinski definition) is 1. The second-order valence-corrected chi connectivity index (χ2v) is 8.07. The number of ether oxygens (including phenoxy) is 1. The molecule has 1 fully saturated rings. The molecule has 4 heterocycles. The van der Waals surface area contributed by atoms with E-state index in [4.69, 9.17) is 15.0 Å². The summed E-state index contributed by atoms with van der Waals surface area (Å²) in [6.45, 7) is 3.82. The number of nitrogens with zero attached hydrogens (tertiary/aromatic N) is 6. The van der Waals surface area contributed by atoms with Crippen molar-refractivity contribution in [2.24, 2.45) is 7.05 Å². The molecule has 8 nitrogen and oxygen atoms in total. The number of aromatic nitrogens is 4. The molecule has 1 saturated heterocycles. The molecule has 3 aromatic heterocycles. The molecule has 0 amide bonds. The van der Waals surface area contributed by atoms with Crippen LogP contribution in [0, 0.1) is 18.3 Å². The molecule has 0 saturated carbocycles. The third kappa shape index (κ3) is 3.95. The van der Waals surface area contributed by atoms with E-state index < -0.39 is 0 Å². The first kappa shape index (κ1) is 19.4. The molecule has 1 atom stereocenters. The summed E-state index contributed by atoms with van der Waals surface area (Å²) in [5, 5.41) is 17.4. The van der Waals surface area contributed by atoms with Crippen molar-refractivity contribution in [3.05, 3.63) is 46.2 Å². The second-order valence-electron chi connectivity index (χ2n) is 7.04. The van der Waals surface area contributed by atoms with E-state index in [9.17, 15) is 0 Å². The Labute approximate surface area is 173 Å². The average molecular weight is 410 g/mol. The van der Waals surface area contributed by atoms with Gasteiger partial charge in [0.15, 0.2) is 5.13 Å². The van der Waals surface area contributed by atoms with Crippen molar-refractivity contribution in [3.8, 4) is 11.9 Å². The summed E-state index contributed by atoms with van der Waals surface area (Å²) in [5.74, 6) is 1.55. The summed E-state index contributed by atoms with van der Waals surface area (Å²) < 4.78 is 7.36. The number of aryl methyl sites for hydroxylation is 2. The predicted molar refractivity (Wildman–Crippen MR) is 111 cm³/mol. The van der Waals surface area contributed by atoms with Crippen molar-refractivity contribution in [2.75, 3.05) is 19.0 Å². The van der Waals surface area contributed by atoms with Gasteiger partial charge in [-0.05, 0) is 38.4 Å². The number of methoxy groups -OCH3 is 1. The van der Waals surface area contributed by atoms with E-state index in [0.29, 0.717) is 10.0 Å². The third-order valence-corrected chi connectivity index (χ3v) is 5.99. The number of nitrogens with one attached hydrogen (secondary N) is 1. The summed E-state index contributed by atoms with van der Waals surface area (Å²) in [5.41, 5.74) is 3.16. The van der Waals surface area contributed by atoms with Crippen LogP contribution in [0.4, 0.5) is 10.9 Å². The standard InChI is InChI=1S/C20H23N7OS/c1-13-15(19(28-3)26(2)25-13)12-27-9-5-7-17(27)16-6-4-8-18(23-16)24-20-22-11-14(10-21)29-20/h4,6,8,11,17H,5,7,9,12H2,1-3H3,(H,22,23,24)/t17-/m0/s1. The number of anilines is 2. The largest absolute Gasteiger partial charge is 0.481 e. The smallest absolute Gasteiger partial charge is 0.216 e. The first-order valence-electron chi connectivity index (χ1n) is 9.49. The Bertz CT molecular complexity index is 1050. The summed E-state index contributed by atoms with van der Waals surface area (Å²) in [6.07, 6.45) is 3.76. The molecule has 29 heavy (non-hydrogen) atoms. The highest BCUT2D eigenvalue weighted by Crippen LogP contribution is 2.35. The zero-order valence-corrected chi connectivity index (χ0v) is 17.5. The zero-order valence-electron chi connectivity index (χ0n) is 16.7. The van der Waals surface area contributed by atoms with Gasteiger partial charge in [-0.25, -0.2) is 14.6 Å². The SMILES string of the molecule is COc1c(CN2CCC[C@H]2c2cccc(Nc3ncc(C#N)s3)n2)c(C)nn1C. The fourth-order valence-corrected chi connectivity index (χ4v) is 4.49. The summed E-state index contributed by atoms with van der Waals surface area (Å²) in [6, 6.07) is 8.35. The van der Waals surface area contributed by atoms with Gasteiger partial charge in [-0.15, -0.1) is 0 Å². The van der Waals surface area contributed by atoms with Gasteiger partial charge in [-0.2, -0.15) is 10.4 Å². The normalized spacial score (nSPS) is 16.7. The molecule has 3 aromatic rings. The zero-order chi connectivity index (χ0) is 20.4. The van der Waals surface area contributed by atoms with Crippen LogP contribution in [0.15, 0.2) is 24.4 Å². The van der Waals surface area contributed by atoms with Crippen LogP contribution in [-0.4, -0.2) is 38.3 Å². The minimum Gasteiger partial charge on any atom is -0.481 e. The Morgan fingerprint density at radius 2 is 2.28 bits per heavy atom. The minimum absolute atomic E-state index is 0.243. The Morgan fingerprint density at radius 1 is 1.41 bits per heavy atom. The first-order chi connectivity index (χ1) is 14.1. The van der Waals surface area contributed by atoms with Gasteiger partial charge in [0.05, 0.1) is 36.3 Å². The van der Waals surface area contributed by atoms with Crippen molar-refractivity contribution < 1.29 is 4.74 Å². The maximum absolute atomic E-state index is 8.97. The summed E-state index contributed by atoms with van der Waals surface area (Å²) in [4.78, 5) is 12.1. The molecule has 0 spiro atoms. The van der Waals surface area contributed by atoms with Crippen LogP contribution < -0.4 is 10.1 Å². The fraction of sp³-hybridized carbons (Fsp3) is 0.400. The van der Waals surface area contributed by atoms with E-state index in [1.807, 2.05) is 26.1 Å². The van der Waals surface area contributed by atoms with Gasteiger partial charge >= 0.3 is 0 Å². The molecule has 4 rings (SSSR count). The van der Waals surface area contributed by atoms with E-state index >= 15 is 0 Å². The van der Waals surface area contributed by atoms with Gasteiger partial charge in [-0.1, -0.05) is 17.4 Å². The van der Waals surface area contributed by atoms with Gasteiger partial charge in [0, 0.05) is 13.6 Å². The van der Waals surface area contributed by atoms with Crippen LogP contribution in [0.1, 0.15) is 40.7 Å². The molecule has 1 aliphatic heterocycles.